The van der Waals surface area contributed by atoms with Crippen LogP contribution in [0.3, 0.4) is 0 Å². The average Bonchev–Trinajstić information content (AvgIpc) is 3.48. The van der Waals surface area contributed by atoms with Crippen molar-refractivity contribution in [1.29, 1.82) is 0 Å². The van der Waals surface area contributed by atoms with E-state index in [-0.39, 0.29) is 0 Å². The van der Waals surface area contributed by atoms with Crippen LogP contribution in [-0.4, -0.2) is 41.5 Å². The van der Waals surface area contributed by atoms with Crippen LogP contribution in [0, 0.1) is 0 Å². The van der Waals surface area contributed by atoms with Crippen LogP contribution in [0.1, 0.15) is 29.2 Å². The molecule has 1 aliphatic heterocycles. The minimum atomic E-state index is 0.434. The Morgan fingerprint density at radius 2 is 2.10 bits per heavy atom. The van der Waals surface area contributed by atoms with Gasteiger partial charge in [-0.2, -0.15) is 0 Å². The molecule has 1 aliphatic rings. The third-order valence-electron chi connectivity index (χ3n) is 5.26. The number of furan rings is 1. The highest BCUT2D eigenvalue weighted by molar-refractivity contribution is 7.09. The second-order valence-corrected chi connectivity index (χ2v) is 8.55. The Balaban J connectivity index is 1.27. The molecule has 1 saturated heterocycles. The van der Waals surface area contributed by atoms with E-state index >= 15 is 0 Å². The van der Waals surface area contributed by atoms with Crippen molar-refractivity contribution >= 4 is 17.3 Å². The Kier molecular flexibility index (Phi) is 7.52. The summed E-state index contributed by atoms with van der Waals surface area (Å²) in [6.07, 6.45) is 6.64. The van der Waals surface area contributed by atoms with Gasteiger partial charge in [0, 0.05) is 49.7 Å². The van der Waals surface area contributed by atoms with E-state index in [0.29, 0.717) is 12.6 Å². The van der Waals surface area contributed by atoms with Crippen LogP contribution in [0.2, 0.25) is 0 Å². The standard InChI is InChI=1S/C23H29N5OS/c1-2-11-24-20(5-1)18-28-13-9-19(10-14-28)27-23(26-17-22-7-4-16-30-22)25-12-8-21-6-3-15-29-21/h1-7,11,15-16,19H,8-10,12-14,17-18H2,(H2,25,26,27). The minimum Gasteiger partial charge on any atom is -0.469 e. The first kappa shape index (κ1) is 20.6. The molecule has 1 fully saturated rings. The summed E-state index contributed by atoms with van der Waals surface area (Å²) in [7, 11) is 0. The molecule has 3 aromatic heterocycles. The van der Waals surface area contributed by atoms with Gasteiger partial charge in [-0.1, -0.05) is 12.1 Å². The first-order valence-corrected chi connectivity index (χ1v) is 11.4. The lowest BCUT2D eigenvalue weighted by Crippen LogP contribution is -2.48. The third kappa shape index (κ3) is 6.43. The van der Waals surface area contributed by atoms with Gasteiger partial charge in [-0.25, -0.2) is 4.99 Å². The molecule has 6 nitrogen and oxygen atoms in total. The molecule has 0 amide bonds. The van der Waals surface area contributed by atoms with Crippen LogP contribution in [0.25, 0.3) is 0 Å². The molecule has 158 valence electrons. The number of nitrogens with one attached hydrogen (secondary N) is 2. The molecule has 7 heteroatoms. The highest BCUT2D eigenvalue weighted by Gasteiger charge is 2.20. The zero-order chi connectivity index (χ0) is 20.4. The summed E-state index contributed by atoms with van der Waals surface area (Å²) in [5, 5.41) is 9.23. The highest BCUT2D eigenvalue weighted by Crippen LogP contribution is 2.13. The molecule has 0 unspecified atom stereocenters. The number of hydrogen-bond acceptors (Lipinski definition) is 5. The molecule has 0 atom stereocenters. The number of aliphatic imine (C=N–C) groups is 1. The zero-order valence-electron chi connectivity index (χ0n) is 17.2. The number of aromatic nitrogens is 1. The smallest absolute Gasteiger partial charge is 0.191 e. The van der Waals surface area contributed by atoms with Gasteiger partial charge in [0.1, 0.15) is 5.76 Å². The summed E-state index contributed by atoms with van der Waals surface area (Å²) in [4.78, 5) is 13.0. The summed E-state index contributed by atoms with van der Waals surface area (Å²) >= 11 is 1.74. The molecule has 3 aromatic rings. The van der Waals surface area contributed by atoms with Crippen molar-refractivity contribution in [3.8, 4) is 0 Å². The molecule has 0 aromatic carbocycles. The maximum absolute atomic E-state index is 5.44. The number of likely N-dealkylation sites (tertiary alicyclic amines) is 1. The monoisotopic (exact) mass is 423 g/mol. The molecule has 0 aliphatic carbocycles. The van der Waals surface area contributed by atoms with E-state index in [0.717, 1.165) is 62.9 Å². The molecular weight excluding hydrogens is 394 g/mol. The molecule has 0 bridgehead atoms. The molecular formula is C23H29N5OS. The number of guanidine groups is 1. The first-order valence-electron chi connectivity index (χ1n) is 10.6. The molecule has 4 rings (SSSR count). The normalized spacial score (nSPS) is 15.9. The number of thiophene rings is 1. The number of pyridine rings is 1. The van der Waals surface area contributed by atoms with E-state index in [2.05, 4.69) is 50.2 Å². The fraction of sp³-hybridized carbons (Fsp3) is 0.391. The Morgan fingerprint density at radius 1 is 1.17 bits per heavy atom. The van der Waals surface area contributed by atoms with Crippen molar-refractivity contribution in [3.05, 3.63) is 76.6 Å². The van der Waals surface area contributed by atoms with Gasteiger partial charge in [-0.15, -0.1) is 11.3 Å². The topological polar surface area (TPSA) is 65.7 Å². The minimum absolute atomic E-state index is 0.434. The van der Waals surface area contributed by atoms with Gasteiger partial charge in [0.25, 0.3) is 0 Å². The Morgan fingerprint density at radius 3 is 2.83 bits per heavy atom. The lowest BCUT2D eigenvalue weighted by Gasteiger charge is -2.33. The largest absolute Gasteiger partial charge is 0.469 e. The summed E-state index contributed by atoms with van der Waals surface area (Å²) in [6.45, 7) is 4.56. The number of piperidine rings is 1. The molecule has 2 N–H and O–H groups in total. The van der Waals surface area contributed by atoms with Gasteiger partial charge >= 0.3 is 0 Å². The number of hydrogen-bond donors (Lipinski definition) is 2. The van der Waals surface area contributed by atoms with Crippen LogP contribution < -0.4 is 10.6 Å². The SMILES string of the molecule is c1ccc(CN2CCC(NC(=NCc3cccs3)NCCc3ccco3)CC2)nc1. The Hall–Kier alpha value is -2.64. The van der Waals surface area contributed by atoms with Gasteiger partial charge in [-0.3, -0.25) is 9.88 Å². The second-order valence-electron chi connectivity index (χ2n) is 7.52. The fourth-order valence-corrected chi connectivity index (χ4v) is 4.25. The molecule has 0 saturated carbocycles. The van der Waals surface area contributed by atoms with E-state index in [9.17, 15) is 0 Å². The van der Waals surface area contributed by atoms with E-state index in [1.165, 1.54) is 4.88 Å². The van der Waals surface area contributed by atoms with Crippen molar-refractivity contribution in [1.82, 2.24) is 20.5 Å². The van der Waals surface area contributed by atoms with Gasteiger partial charge in [0.15, 0.2) is 5.96 Å². The molecule has 30 heavy (non-hydrogen) atoms. The van der Waals surface area contributed by atoms with Crippen LogP contribution in [-0.2, 0) is 19.5 Å². The van der Waals surface area contributed by atoms with Gasteiger partial charge in [0.05, 0.1) is 18.5 Å². The highest BCUT2D eigenvalue weighted by atomic mass is 32.1. The van der Waals surface area contributed by atoms with Crippen molar-refractivity contribution in [2.24, 2.45) is 4.99 Å². The van der Waals surface area contributed by atoms with Crippen molar-refractivity contribution in [3.63, 3.8) is 0 Å². The van der Waals surface area contributed by atoms with Crippen LogP contribution in [0.15, 0.2) is 69.7 Å². The lowest BCUT2D eigenvalue weighted by molar-refractivity contribution is 0.196. The first-order chi connectivity index (χ1) is 14.8. The summed E-state index contributed by atoms with van der Waals surface area (Å²) in [5.41, 5.74) is 1.14. The van der Waals surface area contributed by atoms with Gasteiger partial charge in [0.2, 0.25) is 0 Å². The Labute approximate surface area is 182 Å². The second kappa shape index (κ2) is 10.9. The fourth-order valence-electron chi connectivity index (χ4n) is 3.62. The maximum Gasteiger partial charge on any atom is 0.191 e. The predicted molar refractivity (Wildman–Crippen MR) is 122 cm³/mol. The van der Waals surface area contributed by atoms with E-state index in [1.54, 1.807) is 17.6 Å². The van der Waals surface area contributed by atoms with Crippen LogP contribution in [0.5, 0.6) is 0 Å². The molecule has 0 radical (unpaired) electrons. The maximum atomic E-state index is 5.44. The van der Waals surface area contributed by atoms with Crippen molar-refractivity contribution in [2.45, 2.75) is 38.4 Å². The van der Waals surface area contributed by atoms with Gasteiger partial charge in [-0.05, 0) is 48.6 Å². The number of nitrogens with zero attached hydrogens (tertiary/aromatic N) is 3. The molecule has 4 heterocycles. The predicted octanol–water partition coefficient (Wildman–Crippen LogP) is 3.68. The zero-order valence-corrected chi connectivity index (χ0v) is 18.0. The van der Waals surface area contributed by atoms with Crippen molar-refractivity contribution < 1.29 is 4.42 Å². The Bertz CT molecular complexity index is 872. The van der Waals surface area contributed by atoms with E-state index in [4.69, 9.17) is 9.41 Å². The number of rotatable bonds is 8. The van der Waals surface area contributed by atoms with Crippen LogP contribution >= 0.6 is 11.3 Å². The van der Waals surface area contributed by atoms with Crippen molar-refractivity contribution in [2.75, 3.05) is 19.6 Å². The summed E-state index contributed by atoms with van der Waals surface area (Å²) < 4.78 is 5.44. The summed E-state index contributed by atoms with van der Waals surface area (Å²) in [5.74, 6) is 1.88. The van der Waals surface area contributed by atoms with Crippen LogP contribution in [0.4, 0.5) is 0 Å². The van der Waals surface area contributed by atoms with Gasteiger partial charge < -0.3 is 15.1 Å². The quantitative estimate of drug-likeness (QED) is 0.427. The summed E-state index contributed by atoms with van der Waals surface area (Å²) in [6, 6.07) is 14.7. The van der Waals surface area contributed by atoms with E-state index in [1.807, 2.05) is 24.4 Å². The van der Waals surface area contributed by atoms with E-state index < -0.39 is 0 Å². The third-order valence-corrected chi connectivity index (χ3v) is 6.12. The average molecular weight is 424 g/mol. The molecule has 0 spiro atoms. The lowest BCUT2D eigenvalue weighted by atomic mass is 10.0.